The quantitative estimate of drug-likeness (QED) is 0.825. The first-order chi connectivity index (χ1) is 12.9. The van der Waals surface area contributed by atoms with Gasteiger partial charge in [-0.1, -0.05) is 26.0 Å². The first-order valence-electron chi connectivity index (χ1n) is 9.25. The van der Waals surface area contributed by atoms with Crippen molar-refractivity contribution in [1.29, 1.82) is 0 Å². The van der Waals surface area contributed by atoms with Crippen LogP contribution in [0.1, 0.15) is 39.7 Å². The number of aliphatic hydroxyl groups is 1. The lowest BCUT2D eigenvalue weighted by molar-refractivity contribution is -0.141. The van der Waals surface area contributed by atoms with Crippen molar-refractivity contribution in [2.75, 3.05) is 6.54 Å². The monoisotopic (exact) mass is 371 g/mol. The molecule has 1 N–H and O–H groups in total. The SMILES string of the molecule is CCC(=O)[C@@H]1C[C@@H](O)CN1C(=O)[C@H](C(C)C)n1cc(-c2ccncc2)nn1. The molecule has 1 aliphatic rings. The number of hydrogen-bond acceptors (Lipinski definition) is 6. The molecule has 1 aliphatic heterocycles. The molecular weight excluding hydrogens is 346 g/mol. The van der Waals surface area contributed by atoms with Crippen molar-refractivity contribution in [3.8, 4) is 11.3 Å². The van der Waals surface area contributed by atoms with Crippen molar-refractivity contribution < 1.29 is 14.7 Å². The van der Waals surface area contributed by atoms with Gasteiger partial charge in [-0.3, -0.25) is 14.6 Å². The summed E-state index contributed by atoms with van der Waals surface area (Å²) in [6.07, 6.45) is 5.04. The standard InChI is InChI=1S/C19H25N5O3/c1-4-17(26)16-9-14(25)10-23(16)19(27)18(12(2)3)24-11-15(21-22-24)13-5-7-20-8-6-13/h5-8,11-12,14,16,18,25H,4,9-10H2,1-3H3/t14-,16+,18+/m1/s1. The lowest BCUT2D eigenvalue weighted by Gasteiger charge is -2.29. The minimum atomic E-state index is -0.676. The molecule has 0 saturated carbocycles. The second kappa shape index (κ2) is 7.96. The molecule has 2 aromatic rings. The van der Waals surface area contributed by atoms with Crippen molar-refractivity contribution >= 4 is 11.7 Å². The number of Topliss-reactive ketones (excluding diaryl/α,β-unsaturated/α-hetero) is 1. The highest BCUT2D eigenvalue weighted by Gasteiger charge is 2.41. The fraction of sp³-hybridized carbons (Fsp3) is 0.526. The maximum Gasteiger partial charge on any atom is 0.248 e. The number of nitrogens with zero attached hydrogens (tertiary/aromatic N) is 5. The van der Waals surface area contributed by atoms with E-state index in [-0.39, 0.29) is 24.2 Å². The highest BCUT2D eigenvalue weighted by Crippen LogP contribution is 2.28. The van der Waals surface area contributed by atoms with Gasteiger partial charge in [0.2, 0.25) is 5.91 Å². The number of amides is 1. The Morgan fingerprint density at radius 1 is 1.30 bits per heavy atom. The first kappa shape index (κ1) is 19.2. The second-order valence-corrected chi connectivity index (χ2v) is 7.22. The van der Waals surface area contributed by atoms with E-state index >= 15 is 0 Å². The summed E-state index contributed by atoms with van der Waals surface area (Å²) in [6.45, 7) is 5.80. The average molecular weight is 371 g/mol. The van der Waals surface area contributed by atoms with Crippen LogP contribution in [0.5, 0.6) is 0 Å². The van der Waals surface area contributed by atoms with Gasteiger partial charge in [0.05, 0.1) is 18.3 Å². The molecule has 0 radical (unpaired) electrons. The van der Waals surface area contributed by atoms with Crippen molar-refractivity contribution in [1.82, 2.24) is 24.9 Å². The van der Waals surface area contributed by atoms with Crippen LogP contribution in [-0.2, 0) is 9.59 Å². The van der Waals surface area contributed by atoms with Crippen LogP contribution in [0.4, 0.5) is 0 Å². The van der Waals surface area contributed by atoms with Gasteiger partial charge < -0.3 is 10.0 Å². The predicted molar refractivity (Wildman–Crippen MR) is 98.6 cm³/mol. The number of carbonyl (C=O) groups is 2. The normalized spacial score (nSPS) is 20.9. The van der Waals surface area contributed by atoms with E-state index in [1.54, 1.807) is 30.2 Å². The number of carbonyl (C=O) groups excluding carboxylic acids is 2. The Hall–Kier alpha value is -2.61. The molecule has 3 atom stereocenters. The predicted octanol–water partition coefficient (Wildman–Crippen LogP) is 1.48. The second-order valence-electron chi connectivity index (χ2n) is 7.22. The van der Waals surface area contributed by atoms with Crippen molar-refractivity contribution in [2.45, 2.75) is 51.8 Å². The number of pyridine rings is 1. The van der Waals surface area contributed by atoms with Crippen LogP contribution in [0.25, 0.3) is 11.3 Å². The van der Waals surface area contributed by atoms with Crippen LogP contribution in [0.3, 0.4) is 0 Å². The molecule has 1 saturated heterocycles. The summed E-state index contributed by atoms with van der Waals surface area (Å²) in [7, 11) is 0. The topological polar surface area (TPSA) is 101 Å². The zero-order chi connectivity index (χ0) is 19.6. The molecule has 3 rings (SSSR count). The van der Waals surface area contributed by atoms with E-state index < -0.39 is 18.2 Å². The number of ketones is 1. The van der Waals surface area contributed by atoms with Gasteiger partial charge in [0.1, 0.15) is 11.7 Å². The van der Waals surface area contributed by atoms with Crippen LogP contribution in [0, 0.1) is 5.92 Å². The molecule has 144 valence electrons. The Morgan fingerprint density at radius 3 is 2.63 bits per heavy atom. The van der Waals surface area contributed by atoms with Crippen LogP contribution in [0.2, 0.25) is 0 Å². The fourth-order valence-electron chi connectivity index (χ4n) is 3.54. The Labute approximate surface area is 158 Å². The highest BCUT2D eigenvalue weighted by atomic mass is 16.3. The minimum Gasteiger partial charge on any atom is -0.391 e. The molecule has 3 heterocycles. The van der Waals surface area contributed by atoms with Crippen LogP contribution in [0.15, 0.2) is 30.7 Å². The number of rotatable bonds is 6. The van der Waals surface area contributed by atoms with E-state index in [1.165, 1.54) is 4.90 Å². The average Bonchev–Trinajstić information content (AvgIpc) is 3.28. The van der Waals surface area contributed by atoms with E-state index in [4.69, 9.17) is 0 Å². The number of β-amino-alcohol motifs (C(OH)–C–C–N with tert-alkyl or cyclic N) is 1. The molecule has 1 amide bonds. The van der Waals surface area contributed by atoms with Crippen LogP contribution >= 0.6 is 0 Å². The summed E-state index contributed by atoms with van der Waals surface area (Å²) in [5, 5.41) is 18.4. The third-order valence-corrected chi connectivity index (χ3v) is 4.94. The summed E-state index contributed by atoms with van der Waals surface area (Å²) >= 11 is 0. The largest absolute Gasteiger partial charge is 0.391 e. The number of likely N-dealkylation sites (tertiary alicyclic amines) is 1. The summed E-state index contributed by atoms with van der Waals surface area (Å²) in [4.78, 5) is 31.0. The Balaban J connectivity index is 1.88. The maximum absolute atomic E-state index is 13.3. The Bertz CT molecular complexity index is 805. The number of aromatic nitrogens is 4. The van der Waals surface area contributed by atoms with Crippen molar-refractivity contribution in [2.24, 2.45) is 5.92 Å². The van der Waals surface area contributed by atoms with Gasteiger partial charge in [0.25, 0.3) is 0 Å². The minimum absolute atomic E-state index is 0.0292. The van der Waals surface area contributed by atoms with Gasteiger partial charge in [0, 0.05) is 37.3 Å². The Kier molecular flexibility index (Phi) is 5.65. The van der Waals surface area contributed by atoms with E-state index in [0.717, 1.165) is 5.56 Å². The first-order valence-corrected chi connectivity index (χ1v) is 9.25. The third kappa shape index (κ3) is 3.90. The van der Waals surface area contributed by atoms with Gasteiger partial charge in [-0.15, -0.1) is 5.10 Å². The maximum atomic E-state index is 13.3. The van der Waals surface area contributed by atoms with Gasteiger partial charge >= 0.3 is 0 Å². The number of aliphatic hydroxyl groups excluding tert-OH is 1. The fourth-order valence-corrected chi connectivity index (χ4v) is 3.54. The smallest absolute Gasteiger partial charge is 0.248 e. The lowest BCUT2D eigenvalue weighted by Crippen LogP contribution is -2.45. The third-order valence-electron chi connectivity index (χ3n) is 4.94. The molecule has 27 heavy (non-hydrogen) atoms. The molecule has 8 nitrogen and oxygen atoms in total. The summed E-state index contributed by atoms with van der Waals surface area (Å²) in [5.74, 6) is -0.294. The molecule has 0 bridgehead atoms. The molecule has 0 unspecified atom stereocenters. The molecule has 2 aromatic heterocycles. The Morgan fingerprint density at radius 2 is 2.00 bits per heavy atom. The number of hydrogen-bond donors (Lipinski definition) is 1. The van der Waals surface area contributed by atoms with E-state index in [0.29, 0.717) is 18.5 Å². The molecule has 0 aromatic carbocycles. The van der Waals surface area contributed by atoms with Gasteiger partial charge in [0.15, 0.2) is 5.78 Å². The zero-order valence-electron chi connectivity index (χ0n) is 15.8. The summed E-state index contributed by atoms with van der Waals surface area (Å²) in [5.41, 5.74) is 1.51. The molecular formula is C19H25N5O3. The van der Waals surface area contributed by atoms with Gasteiger partial charge in [-0.25, -0.2) is 4.68 Å². The summed E-state index contributed by atoms with van der Waals surface area (Å²) in [6, 6.07) is 2.49. The van der Waals surface area contributed by atoms with Crippen molar-refractivity contribution in [3.63, 3.8) is 0 Å². The zero-order valence-corrected chi connectivity index (χ0v) is 15.8. The summed E-state index contributed by atoms with van der Waals surface area (Å²) < 4.78 is 1.56. The lowest BCUT2D eigenvalue weighted by atomic mass is 10.0. The van der Waals surface area contributed by atoms with Gasteiger partial charge in [-0.2, -0.15) is 0 Å². The van der Waals surface area contributed by atoms with Crippen molar-refractivity contribution in [3.05, 3.63) is 30.7 Å². The molecule has 8 heteroatoms. The van der Waals surface area contributed by atoms with Gasteiger partial charge in [-0.05, 0) is 18.1 Å². The molecule has 0 aliphatic carbocycles. The van der Waals surface area contributed by atoms with E-state index in [2.05, 4.69) is 15.3 Å². The molecule has 1 fully saturated rings. The van der Waals surface area contributed by atoms with E-state index in [9.17, 15) is 14.7 Å². The van der Waals surface area contributed by atoms with Crippen LogP contribution in [-0.4, -0.2) is 60.4 Å². The van der Waals surface area contributed by atoms with Crippen LogP contribution < -0.4 is 0 Å². The molecule has 0 spiro atoms. The highest BCUT2D eigenvalue weighted by molar-refractivity contribution is 5.91. The van der Waals surface area contributed by atoms with E-state index in [1.807, 2.05) is 26.0 Å².